The van der Waals surface area contributed by atoms with Crippen molar-refractivity contribution in [2.45, 2.75) is 44.3 Å². The number of carbonyl (C=O) groups is 1. The molecule has 1 aliphatic carbocycles. The van der Waals surface area contributed by atoms with E-state index in [0.29, 0.717) is 24.0 Å². The number of anilines is 2. The summed E-state index contributed by atoms with van der Waals surface area (Å²) in [6, 6.07) is 20.1. The van der Waals surface area contributed by atoms with Crippen molar-refractivity contribution < 1.29 is 4.79 Å². The van der Waals surface area contributed by atoms with Gasteiger partial charge in [-0.05, 0) is 42.7 Å². The van der Waals surface area contributed by atoms with Gasteiger partial charge in [-0.25, -0.2) is 4.79 Å². The van der Waals surface area contributed by atoms with E-state index < -0.39 is 0 Å². The number of rotatable bonds is 8. The summed E-state index contributed by atoms with van der Waals surface area (Å²) in [6.07, 6.45) is 8.84. The molecule has 2 heterocycles. The van der Waals surface area contributed by atoms with Gasteiger partial charge in [0.15, 0.2) is 0 Å². The number of benzene rings is 2. The maximum atomic E-state index is 12.2. The molecule has 5 rings (SSSR count). The zero-order chi connectivity index (χ0) is 24.0. The summed E-state index contributed by atoms with van der Waals surface area (Å²) < 4.78 is 0. The van der Waals surface area contributed by atoms with Gasteiger partial charge in [-0.1, -0.05) is 49.2 Å². The second-order valence-corrected chi connectivity index (χ2v) is 9.40. The summed E-state index contributed by atoms with van der Waals surface area (Å²) in [5.74, 6) is 0. The van der Waals surface area contributed by atoms with Crippen molar-refractivity contribution in [1.82, 2.24) is 15.2 Å². The Hall–Kier alpha value is -3.71. The van der Waals surface area contributed by atoms with E-state index in [0.717, 1.165) is 41.5 Å². The number of nitrogens with zero attached hydrogens (tertiary/aromatic N) is 2. The number of pyridine rings is 1. The largest absolute Gasteiger partial charge is 0.379 e. The molecular weight excluding hydrogens is 436 g/mol. The second kappa shape index (κ2) is 10.7. The maximum absolute atomic E-state index is 12.2. The summed E-state index contributed by atoms with van der Waals surface area (Å²) in [5, 5.41) is 18.2. The van der Waals surface area contributed by atoms with Crippen molar-refractivity contribution in [2.75, 3.05) is 23.7 Å². The minimum atomic E-state index is -0.279. The molecule has 4 N–H and O–H groups in total. The number of carbonyl (C=O) groups excluding carboxylic acids is 1. The van der Waals surface area contributed by atoms with E-state index in [-0.39, 0.29) is 6.03 Å². The molecule has 180 valence electrons. The number of para-hydroxylation sites is 1. The van der Waals surface area contributed by atoms with Crippen molar-refractivity contribution in [3.8, 4) is 0 Å². The van der Waals surface area contributed by atoms with Crippen LogP contribution in [-0.4, -0.2) is 46.8 Å². The van der Waals surface area contributed by atoms with Gasteiger partial charge in [0.25, 0.3) is 0 Å². The summed E-state index contributed by atoms with van der Waals surface area (Å²) in [7, 11) is 0. The van der Waals surface area contributed by atoms with Gasteiger partial charge in [-0.2, -0.15) is 0 Å². The molecule has 7 nitrogen and oxygen atoms in total. The lowest BCUT2D eigenvalue weighted by Gasteiger charge is -2.44. The van der Waals surface area contributed by atoms with Crippen molar-refractivity contribution in [3.63, 3.8) is 0 Å². The van der Waals surface area contributed by atoms with Crippen LogP contribution in [0.1, 0.15) is 42.4 Å². The monoisotopic (exact) mass is 468 g/mol. The molecule has 1 saturated carbocycles. The summed E-state index contributed by atoms with van der Waals surface area (Å²) in [6.45, 7) is 2.57. The van der Waals surface area contributed by atoms with Crippen LogP contribution in [-0.2, 0) is 6.54 Å². The summed E-state index contributed by atoms with van der Waals surface area (Å²) >= 11 is 0. The molecule has 2 aliphatic rings. The van der Waals surface area contributed by atoms with Crippen LogP contribution in [0.2, 0.25) is 0 Å². The van der Waals surface area contributed by atoms with Gasteiger partial charge in [-0.15, -0.1) is 0 Å². The van der Waals surface area contributed by atoms with Crippen molar-refractivity contribution in [3.05, 3.63) is 89.7 Å². The highest BCUT2D eigenvalue weighted by molar-refractivity contribution is 6.14. The van der Waals surface area contributed by atoms with Crippen LogP contribution in [0.3, 0.4) is 0 Å². The van der Waals surface area contributed by atoms with Crippen LogP contribution in [0, 0.1) is 5.41 Å². The van der Waals surface area contributed by atoms with Crippen molar-refractivity contribution in [2.24, 2.45) is 0 Å². The van der Waals surface area contributed by atoms with Crippen LogP contribution in [0.4, 0.5) is 16.2 Å². The quantitative estimate of drug-likeness (QED) is 0.355. The van der Waals surface area contributed by atoms with E-state index in [9.17, 15) is 4.79 Å². The lowest BCUT2D eigenvalue weighted by Crippen LogP contribution is -2.58. The molecule has 0 unspecified atom stereocenters. The van der Waals surface area contributed by atoms with E-state index in [1.54, 1.807) is 12.4 Å². The fraction of sp³-hybridized carbons (Fsp3) is 0.321. The Morgan fingerprint density at radius 2 is 1.77 bits per heavy atom. The predicted molar refractivity (Wildman–Crippen MR) is 140 cm³/mol. The van der Waals surface area contributed by atoms with Gasteiger partial charge in [0.1, 0.15) is 0 Å². The topological polar surface area (TPSA) is 93.1 Å². The van der Waals surface area contributed by atoms with E-state index in [1.807, 2.05) is 54.6 Å². The van der Waals surface area contributed by atoms with E-state index in [1.165, 1.54) is 25.7 Å². The highest BCUT2D eigenvalue weighted by atomic mass is 16.2. The van der Waals surface area contributed by atoms with Gasteiger partial charge in [0.2, 0.25) is 0 Å². The Morgan fingerprint density at radius 1 is 1.00 bits per heavy atom. The van der Waals surface area contributed by atoms with Crippen molar-refractivity contribution in [1.29, 1.82) is 5.41 Å². The first kappa shape index (κ1) is 23.1. The van der Waals surface area contributed by atoms with Gasteiger partial charge in [0.05, 0.1) is 11.8 Å². The van der Waals surface area contributed by atoms with E-state index in [4.69, 9.17) is 5.41 Å². The van der Waals surface area contributed by atoms with E-state index in [2.05, 4.69) is 31.9 Å². The lowest BCUT2D eigenvalue weighted by atomic mass is 9.98. The third kappa shape index (κ3) is 5.69. The van der Waals surface area contributed by atoms with Gasteiger partial charge >= 0.3 is 6.03 Å². The second-order valence-electron chi connectivity index (χ2n) is 9.40. The highest BCUT2D eigenvalue weighted by Crippen LogP contribution is 2.29. The third-order valence-electron chi connectivity index (χ3n) is 6.91. The number of hydrogen-bond acceptors (Lipinski definition) is 5. The molecule has 1 saturated heterocycles. The van der Waals surface area contributed by atoms with Crippen LogP contribution < -0.4 is 16.0 Å². The predicted octanol–water partition coefficient (Wildman–Crippen LogP) is 4.86. The Balaban J connectivity index is 1.16. The molecule has 3 aromatic rings. The first-order valence-corrected chi connectivity index (χ1v) is 12.4. The Labute approximate surface area is 206 Å². The molecule has 2 fully saturated rings. The number of likely N-dealkylation sites (tertiary alicyclic amines) is 1. The van der Waals surface area contributed by atoms with Gasteiger partial charge in [0, 0.05) is 60.6 Å². The number of amides is 2. The Bertz CT molecular complexity index is 1150. The lowest BCUT2D eigenvalue weighted by molar-refractivity contribution is 0.106. The van der Waals surface area contributed by atoms with E-state index >= 15 is 0 Å². The maximum Gasteiger partial charge on any atom is 0.319 e. The first-order valence-electron chi connectivity index (χ1n) is 12.4. The van der Waals surface area contributed by atoms with Crippen LogP contribution in [0.25, 0.3) is 0 Å². The average molecular weight is 469 g/mol. The molecular formula is C28H32N6O. The van der Waals surface area contributed by atoms with Gasteiger partial charge < -0.3 is 16.0 Å². The molecule has 2 aromatic carbocycles. The fourth-order valence-electron chi connectivity index (χ4n) is 4.95. The molecule has 0 atom stereocenters. The summed E-state index contributed by atoms with van der Waals surface area (Å²) in [5.41, 5.74) is 4.78. The number of nitrogens with one attached hydrogen (secondary N) is 4. The fourth-order valence-corrected chi connectivity index (χ4v) is 4.95. The molecule has 35 heavy (non-hydrogen) atoms. The average Bonchev–Trinajstić information content (AvgIpc) is 3.40. The molecule has 0 spiro atoms. The summed E-state index contributed by atoms with van der Waals surface area (Å²) in [4.78, 5) is 18.9. The third-order valence-corrected chi connectivity index (χ3v) is 6.91. The minimum absolute atomic E-state index is 0.279. The van der Waals surface area contributed by atoms with Crippen LogP contribution in [0.15, 0.2) is 73.1 Å². The van der Waals surface area contributed by atoms with Gasteiger partial charge in [-0.3, -0.25) is 15.3 Å². The molecule has 1 aliphatic heterocycles. The first-order chi connectivity index (χ1) is 17.2. The standard InChI is InChI=1S/C28H32N6O/c29-27(21-11-13-22(14-12-21)33-28(35)31-17-20-6-5-15-30-16-20)25-9-3-4-10-26(25)32-23-18-34(19-23)24-7-1-2-8-24/h3-6,9-16,23-24,29,32H,1-2,7-8,17-19H2,(H2,31,33,35). The highest BCUT2D eigenvalue weighted by Gasteiger charge is 2.33. The number of hydrogen-bond donors (Lipinski definition) is 4. The molecule has 2 amide bonds. The zero-order valence-electron chi connectivity index (χ0n) is 19.8. The molecule has 7 heteroatoms. The molecule has 0 radical (unpaired) electrons. The Kier molecular flexibility index (Phi) is 7.04. The van der Waals surface area contributed by atoms with Crippen molar-refractivity contribution >= 4 is 23.1 Å². The molecule has 0 bridgehead atoms. The minimum Gasteiger partial charge on any atom is -0.379 e. The number of aromatic nitrogens is 1. The SMILES string of the molecule is N=C(c1ccc(NC(=O)NCc2cccnc2)cc1)c1ccccc1NC1CN(C2CCCC2)C1. The zero-order valence-corrected chi connectivity index (χ0v) is 19.8. The normalized spacial score (nSPS) is 16.5. The Morgan fingerprint density at radius 3 is 2.51 bits per heavy atom. The van der Waals surface area contributed by atoms with Crippen LogP contribution in [0.5, 0.6) is 0 Å². The van der Waals surface area contributed by atoms with Crippen LogP contribution >= 0.6 is 0 Å². The smallest absolute Gasteiger partial charge is 0.319 e. The number of urea groups is 1. The molecule has 1 aromatic heterocycles.